The highest BCUT2D eigenvalue weighted by atomic mass is 32.2. The van der Waals surface area contributed by atoms with E-state index in [0.717, 1.165) is 35.2 Å². The van der Waals surface area contributed by atoms with Crippen LogP contribution in [0.2, 0.25) is 0 Å². The second-order valence-electron chi connectivity index (χ2n) is 14.7. The maximum atomic E-state index is 15.1. The Balaban J connectivity index is 1.77. The molecule has 12 heteroatoms. The third-order valence-corrected chi connectivity index (χ3v) is 9.38. The summed E-state index contributed by atoms with van der Waals surface area (Å²) in [4.78, 5) is 42.0. The third kappa shape index (κ3) is 10.3. The largest absolute Gasteiger partial charge is 0.480 e. The fourth-order valence-electron chi connectivity index (χ4n) is 6.14. The van der Waals surface area contributed by atoms with Crippen LogP contribution in [-0.4, -0.2) is 80.2 Å². The maximum Gasteiger partial charge on any atom is 0.410 e. The molecular formula is C37H48F2N4O5S. The first kappa shape index (κ1) is 37.9. The summed E-state index contributed by atoms with van der Waals surface area (Å²) in [5.74, 6) is -2.52. The molecule has 3 aromatic rings. The van der Waals surface area contributed by atoms with E-state index in [2.05, 4.69) is 0 Å². The normalized spacial score (nSPS) is 16.3. The van der Waals surface area contributed by atoms with Gasteiger partial charge in [-0.1, -0.05) is 51.1 Å². The SMILES string of the molecule is CC(C)(C)OC(=O)N1CCC(CN(C(=O)CSCC(N)C(=O)O)C(c2cc(-c3cc(F)ccc3F)cn2Cc2ccccc2)C(C)(C)C)C1. The van der Waals surface area contributed by atoms with Crippen LogP contribution in [-0.2, 0) is 20.9 Å². The quantitative estimate of drug-likeness (QED) is 0.214. The molecular weight excluding hydrogens is 650 g/mol. The molecule has 49 heavy (non-hydrogen) atoms. The van der Waals surface area contributed by atoms with Gasteiger partial charge in [0.25, 0.3) is 0 Å². The summed E-state index contributed by atoms with van der Waals surface area (Å²) in [7, 11) is 0. The number of carbonyl (C=O) groups excluding carboxylic acids is 2. The Hall–Kier alpha value is -3.90. The van der Waals surface area contributed by atoms with Gasteiger partial charge < -0.3 is 29.9 Å². The van der Waals surface area contributed by atoms with E-state index in [1.165, 1.54) is 6.07 Å². The molecule has 0 radical (unpaired) electrons. The van der Waals surface area contributed by atoms with Crippen LogP contribution in [0.1, 0.15) is 65.3 Å². The van der Waals surface area contributed by atoms with Crippen LogP contribution >= 0.6 is 11.8 Å². The molecule has 1 aromatic heterocycles. The second-order valence-corrected chi connectivity index (χ2v) is 15.8. The van der Waals surface area contributed by atoms with Crippen molar-refractivity contribution in [3.05, 3.63) is 83.7 Å². The number of carboxylic acid groups (broad SMARTS) is 1. The first-order valence-corrected chi connectivity index (χ1v) is 17.6. The highest BCUT2D eigenvalue weighted by molar-refractivity contribution is 8.00. The summed E-state index contributed by atoms with van der Waals surface area (Å²) in [6.07, 6.45) is 2.04. The highest BCUT2D eigenvalue weighted by Crippen LogP contribution is 2.42. The van der Waals surface area contributed by atoms with Gasteiger partial charge in [-0.15, -0.1) is 11.8 Å². The number of rotatable bonds is 12. The fraction of sp³-hybridized carbons (Fsp3) is 0.486. The molecule has 0 saturated carbocycles. The molecule has 4 rings (SSSR count). The van der Waals surface area contributed by atoms with Crippen molar-refractivity contribution >= 4 is 29.7 Å². The lowest BCUT2D eigenvalue weighted by molar-refractivity contribution is -0.138. The first-order valence-electron chi connectivity index (χ1n) is 16.5. The van der Waals surface area contributed by atoms with Crippen molar-refractivity contribution in [2.75, 3.05) is 31.1 Å². The molecule has 0 spiro atoms. The molecule has 9 nitrogen and oxygen atoms in total. The van der Waals surface area contributed by atoms with E-state index in [1.54, 1.807) is 11.1 Å². The van der Waals surface area contributed by atoms with Crippen LogP contribution in [0.5, 0.6) is 0 Å². The molecule has 1 aliphatic rings. The van der Waals surface area contributed by atoms with Crippen molar-refractivity contribution < 1.29 is 33.0 Å². The lowest BCUT2D eigenvalue weighted by Crippen LogP contribution is -2.46. The zero-order chi connectivity index (χ0) is 36.1. The van der Waals surface area contributed by atoms with Gasteiger partial charge in [-0.25, -0.2) is 13.6 Å². The molecule has 2 heterocycles. The van der Waals surface area contributed by atoms with E-state index >= 15 is 4.39 Å². The number of hydrogen-bond acceptors (Lipinski definition) is 6. The Labute approximate surface area is 291 Å². The molecule has 1 saturated heterocycles. The number of thioether (sulfide) groups is 1. The molecule has 1 aliphatic heterocycles. The molecule has 0 bridgehead atoms. The van der Waals surface area contributed by atoms with Crippen molar-refractivity contribution in [1.82, 2.24) is 14.4 Å². The number of ether oxygens (including phenoxy) is 1. The number of benzene rings is 2. The van der Waals surface area contributed by atoms with Crippen LogP contribution in [0.3, 0.4) is 0 Å². The average Bonchev–Trinajstić information content (AvgIpc) is 3.64. The third-order valence-electron chi connectivity index (χ3n) is 8.33. The van der Waals surface area contributed by atoms with E-state index in [1.807, 2.05) is 87.4 Å². The van der Waals surface area contributed by atoms with Crippen molar-refractivity contribution in [3.8, 4) is 11.1 Å². The molecule has 1 fully saturated rings. The zero-order valence-corrected chi connectivity index (χ0v) is 29.9. The van der Waals surface area contributed by atoms with Gasteiger partial charge in [0.1, 0.15) is 23.3 Å². The van der Waals surface area contributed by atoms with Gasteiger partial charge in [0.05, 0.1) is 11.8 Å². The number of nitrogens with two attached hydrogens (primary N) is 1. The molecule has 2 aromatic carbocycles. The Morgan fingerprint density at radius 2 is 1.76 bits per heavy atom. The number of halogens is 2. The van der Waals surface area contributed by atoms with Crippen LogP contribution < -0.4 is 5.73 Å². The molecule has 3 atom stereocenters. The lowest BCUT2D eigenvalue weighted by Gasteiger charge is -2.42. The van der Waals surface area contributed by atoms with Gasteiger partial charge in [0.2, 0.25) is 5.91 Å². The van der Waals surface area contributed by atoms with Crippen LogP contribution in [0.4, 0.5) is 13.6 Å². The summed E-state index contributed by atoms with van der Waals surface area (Å²) in [6.45, 7) is 13.1. The standard InChI is InChI=1S/C37H48F2N4O5S/c1-36(2,3)33(31-16-26(28-17-27(38)12-13-29(28)39)21-42(31)18-24-10-8-7-9-11-24)43(32(44)23-49-22-30(40)34(45)46)20-25-14-15-41(19-25)35(47)48-37(4,5)6/h7-13,16-17,21,25,30,33H,14-15,18-20,22-23,40H2,1-6H3,(H,45,46). The minimum atomic E-state index is -1.14. The topological polar surface area (TPSA) is 118 Å². The van der Waals surface area contributed by atoms with Gasteiger partial charge >= 0.3 is 12.1 Å². The Morgan fingerprint density at radius 3 is 2.39 bits per heavy atom. The van der Waals surface area contributed by atoms with Crippen LogP contribution in [0, 0.1) is 23.0 Å². The Bertz CT molecular complexity index is 1620. The summed E-state index contributed by atoms with van der Waals surface area (Å²) >= 11 is 1.15. The van der Waals surface area contributed by atoms with E-state index in [9.17, 15) is 23.9 Å². The van der Waals surface area contributed by atoms with E-state index in [4.69, 9.17) is 10.5 Å². The molecule has 2 amide bonds. The van der Waals surface area contributed by atoms with Gasteiger partial charge in [-0.2, -0.15) is 0 Å². The molecule has 3 unspecified atom stereocenters. The maximum absolute atomic E-state index is 15.1. The Kier molecular flexibility index (Phi) is 12.2. The van der Waals surface area contributed by atoms with E-state index in [0.29, 0.717) is 38.2 Å². The molecule has 0 aliphatic carbocycles. The predicted molar refractivity (Wildman–Crippen MR) is 188 cm³/mol. The number of carbonyl (C=O) groups is 3. The number of aliphatic carboxylic acids is 1. The highest BCUT2D eigenvalue weighted by Gasteiger charge is 2.40. The van der Waals surface area contributed by atoms with Crippen molar-refractivity contribution in [1.29, 1.82) is 0 Å². The Morgan fingerprint density at radius 1 is 1.06 bits per heavy atom. The van der Waals surface area contributed by atoms with E-state index in [-0.39, 0.29) is 28.9 Å². The minimum Gasteiger partial charge on any atom is -0.480 e. The van der Waals surface area contributed by atoms with Crippen LogP contribution in [0.25, 0.3) is 11.1 Å². The van der Waals surface area contributed by atoms with Crippen LogP contribution in [0.15, 0.2) is 60.8 Å². The van der Waals surface area contributed by atoms with E-state index < -0.39 is 46.8 Å². The van der Waals surface area contributed by atoms with Gasteiger partial charge in [0.15, 0.2) is 0 Å². The fourth-order valence-corrected chi connectivity index (χ4v) is 7.00. The second kappa shape index (κ2) is 15.8. The van der Waals surface area contributed by atoms with Gasteiger partial charge in [-0.05, 0) is 68.4 Å². The lowest BCUT2D eigenvalue weighted by atomic mass is 9.82. The van der Waals surface area contributed by atoms with Crippen molar-refractivity contribution in [2.24, 2.45) is 17.1 Å². The summed E-state index contributed by atoms with van der Waals surface area (Å²) in [5.41, 5.74) is 6.85. The van der Waals surface area contributed by atoms with Gasteiger partial charge in [-0.3, -0.25) is 9.59 Å². The number of carboxylic acids is 1. The summed E-state index contributed by atoms with van der Waals surface area (Å²) in [5, 5.41) is 9.29. The summed E-state index contributed by atoms with van der Waals surface area (Å²) < 4.78 is 37.1. The number of aromatic nitrogens is 1. The molecule has 3 N–H and O–H groups in total. The molecule has 266 valence electrons. The van der Waals surface area contributed by atoms with Gasteiger partial charge in [0, 0.05) is 54.9 Å². The number of likely N-dealkylation sites (tertiary alicyclic amines) is 1. The number of hydrogen-bond donors (Lipinski definition) is 2. The zero-order valence-electron chi connectivity index (χ0n) is 29.1. The number of nitrogens with zero attached hydrogens (tertiary/aromatic N) is 3. The van der Waals surface area contributed by atoms with Crippen molar-refractivity contribution in [3.63, 3.8) is 0 Å². The predicted octanol–water partition coefficient (Wildman–Crippen LogP) is 6.80. The average molecular weight is 699 g/mol. The first-order chi connectivity index (χ1) is 22.9. The monoisotopic (exact) mass is 698 g/mol. The smallest absolute Gasteiger partial charge is 0.410 e. The number of amides is 2. The summed E-state index contributed by atoms with van der Waals surface area (Å²) in [6, 6.07) is 13.3. The minimum absolute atomic E-state index is 0.0131. The van der Waals surface area contributed by atoms with Crippen molar-refractivity contribution in [2.45, 2.75) is 72.2 Å².